The molecule has 1 fully saturated rings. The van der Waals surface area contributed by atoms with Gasteiger partial charge in [-0.1, -0.05) is 12.1 Å². The first-order valence-electron chi connectivity index (χ1n) is 8.66. The molecular formula is C19H23N5O2. The van der Waals surface area contributed by atoms with Crippen LogP contribution < -0.4 is 26.6 Å². The summed E-state index contributed by atoms with van der Waals surface area (Å²) in [6.07, 6.45) is 0. The van der Waals surface area contributed by atoms with Crippen molar-refractivity contribution in [3.05, 3.63) is 54.1 Å². The standard InChI is InChI=1S/C19H23N5O2/c1-2-20-14-7-9-16(10-8-14)23-15-5-3-13(4-6-15)11-21-18(25)17-12-22-19(26)24-17/h3-10,17,20,23H,2,11-12H2,1H3,(H,21,25)(H2,22,24,26)/t17-/m1/s1. The maximum Gasteiger partial charge on any atom is 0.315 e. The van der Waals surface area contributed by atoms with E-state index in [1.807, 2.05) is 48.5 Å². The summed E-state index contributed by atoms with van der Waals surface area (Å²) in [6, 6.07) is 15.2. The van der Waals surface area contributed by atoms with Crippen LogP contribution in [0, 0.1) is 0 Å². The molecule has 1 atom stereocenters. The van der Waals surface area contributed by atoms with Crippen molar-refractivity contribution >= 4 is 29.0 Å². The van der Waals surface area contributed by atoms with Gasteiger partial charge in [0, 0.05) is 36.7 Å². The van der Waals surface area contributed by atoms with E-state index < -0.39 is 6.04 Å². The molecule has 26 heavy (non-hydrogen) atoms. The number of amides is 3. The monoisotopic (exact) mass is 353 g/mol. The smallest absolute Gasteiger partial charge is 0.315 e. The SMILES string of the molecule is CCNc1ccc(Nc2ccc(CNC(=O)[C@H]3CNC(=O)N3)cc2)cc1. The summed E-state index contributed by atoms with van der Waals surface area (Å²) in [5, 5.41) is 14.6. The molecule has 0 spiro atoms. The lowest BCUT2D eigenvalue weighted by Gasteiger charge is -2.11. The lowest BCUT2D eigenvalue weighted by atomic mass is 10.2. The van der Waals surface area contributed by atoms with E-state index in [4.69, 9.17) is 0 Å². The third-order valence-corrected chi connectivity index (χ3v) is 4.06. The lowest BCUT2D eigenvalue weighted by molar-refractivity contribution is -0.122. The fourth-order valence-electron chi connectivity index (χ4n) is 2.67. The number of carbonyl (C=O) groups excluding carboxylic acids is 2. The molecular weight excluding hydrogens is 330 g/mol. The molecule has 2 aromatic rings. The van der Waals surface area contributed by atoms with Crippen LogP contribution in [0.2, 0.25) is 0 Å². The number of anilines is 3. The predicted molar refractivity (Wildman–Crippen MR) is 102 cm³/mol. The zero-order chi connectivity index (χ0) is 18.4. The molecule has 0 aliphatic carbocycles. The van der Waals surface area contributed by atoms with Gasteiger partial charge in [0.15, 0.2) is 0 Å². The van der Waals surface area contributed by atoms with E-state index in [1.54, 1.807) is 0 Å². The van der Waals surface area contributed by atoms with Gasteiger partial charge in [0.2, 0.25) is 5.91 Å². The lowest BCUT2D eigenvalue weighted by Crippen LogP contribution is -2.42. The number of carbonyl (C=O) groups is 2. The van der Waals surface area contributed by atoms with Crippen molar-refractivity contribution in [2.45, 2.75) is 19.5 Å². The van der Waals surface area contributed by atoms with E-state index >= 15 is 0 Å². The maximum absolute atomic E-state index is 12.0. The van der Waals surface area contributed by atoms with Crippen molar-refractivity contribution in [1.29, 1.82) is 0 Å². The fraction of sp³-hybridized carbons (Fsp3) is 0.263. The third-order valence-electron chi connectivity index (χ3n) is 4.06. The summed E-state index contributed by atoms with van der Waals surface area (Å²) < 4.78 is 0. The normalized spacial score (nSPS) is 15.7. The average Bonchev–Trinajstić information content (AvgIpc) is 3.09. The molecule has 0 radical (unpaired) electrons. The molecule has 7 nitrogen and oxygen atoms in total. The number of benzene rings is 2. The van der Waals surface area contributed by atoms with Crippen LogP contribution in [0.5, 0.6) is 0 Å². The summed E-state index contributed by atoms with van der Waals surface area (Å²) in [5.41, 5.74) is 4.07. The highest BCUT2D eigenvalue weighted by Crippen LogP contribution is 2.19. The molecule has 7 heteroatoms. The molecule has 3 amide bonds. The minimum Gasteiger partial charge on any atom is -0.385 e. The quantitative estimate of drug-likeness (QED) is 0.527. The van der Waals surface area contributed by atoms with Crippen molar-refractivity contribution in [2.24, 2.45) is 0 Å². The van der Waals surface area contributed by atoms with Gasteiger partial charge in [-0.15, -0.1) is 0 Å². The molecule has 1 heterocycles. The summed E-state index contributed by atoms with van der Waals surface area (Å²) in [4.78, 5) is 23.0. The van der Waals surface area contributed by atoms with Crippen molar-refractivity contribution < 1.29 is 9.59 Å². The van der Waals surface area contributed by atoms with Gasteiger partial charge in [-0.3, -0.25) is 4.79 Å². The summed E-state index contributed by atoms with van der Waals surface area (Å²) in [6.45, 7) is 3.70. The minimum atomic E-state index is -0.506. The van der Waals surface area contributed by atoms with Gasteiger partial charge in [-0.2, -0.15) is 0 Å². The van der Waals surface area contributed by atoms with Gasteiger partial charge < -0.3 is 26.6 Å². The Morgan fingerprint density at radius 2 is 1.65 bits per heavy atom. The van der Waals surface area contributed by atoms with Crippen molar-refractivity contribution in [1.82, 2.24) is 16.0 Å². The van der Waals surface area contributed by atoms with Gasteiger partial charge in [-0.25, -0.2) is 4.79 Å². The first-order chi connectivity index (χ1) is 12.6. The molecule has 1 aliphatic rings. The number of hydrogen-bond donors (Lipinski definition) is 5. The average molecular weight is 353 g/mol. The third kappa shape index (κ3) is 4.66. The second-order valence-electron chi connectivity index (χ2n) is 6.05. The molecule has 1 saturated heterocycles. The van der Waals surface area contributed by atoms with Crippen LogP contribution in [0.15, 0.2) is 48.5 Å². The second kappa shape index (κ2) is 8.24. The Morgan fingerprint density at radius 3 is 2.23 bits per heavy atom. The summed E-state index contributed by atoms with van der Waals surface area (Å²) >= 11 is 0. The number of nitrogens with one attached hydrogen (secondary N) is 5. The summed E-state index contributed by atoms with van der Waals surface area (Å²) in [5.74, 6) is -0.189. The van der Waals surface area contributed by atoms with Crippen LogP contribution in [0.25, 0.3) is 0 Å². The highest BCUT2D eigenvalue weighted by atomic mass is 16.2. The second-order valence-corrected chi connectivity index (χ2v) is 6.05. The van der Waals surface area contributed by atoms with E-state index in [1.165, 1.54) is 0 Å². The predicted octanol–water partition coefficient (Wildman–Crippen LogP) is 2.16. The van der Waals surface area contributed by atoms with Crippen molar-refractivity contribution in [3.63, 3.8) is 0 Å². The Bertz CT molecular complexity index is 759. The molecule has 0 aromatic heterocycles. The Hall–Kier alpha value is -3.22. The van der Waals surface area contributed by atoms with Crippen LogP contribution in [0.4, 0.5) is 21.9 Å². The molecule has 2 aromatic carbocycles. The zero-order valence-corrected chi connectivity index (χ0v) is 14.6. The van der Waals surface area contributed by atoms with Gasteiger partial charge in [0.1, 0.15) is 6.04 Å². The number of rotatable bonds is 7. The highest BCUT2D eigenvalue weighted by Gasteiger charge is 2.26. The van der Waals surface area contributed by atoms with E-state index in [2.05, 4.69) is 33.5 Å². The first-order valence-corrected chi connectivity index (χ1v) is 8.66. The Labute approximate surface area is 152 Å². The van der Waals surface area contributed by atoms with Crippen molar-refractivity contribution in [2.75, 3.05) is 23.7 Å². The van der Waals surface area contributed by atoms with E-state index in [0.717, 1.165) is 29.2 Å². The van der Waals surface area contributed by atoms with Gasteiger partial charge in [0.25, 0.3) is 0 Å². The largest absolute Gasteiger partial charge is 0.385 e. The van der Waals surface area contributed by atoms with Crippen molar-refractivity contribution in [3.8, 4) is 0 Å². The van der Waals surface area contributed by atoms with Gasteiger partial charge in [-0.05, 0) is 48.9 Å². The summed E-state index contributed by atoms with van der Waals surface area (Å²) in [7, 11) is 0. The van der Waals surface area contributed by atoms with Crippen LogP contribution >= 0.6 is 0 Å². The Kier molecular flexibility index (Phi) is 5.58. The van der Waals surface area contributed by atoms with Gasteiger partial charge >= 0.3 is 6.03 Å². The molecule has 0 bridgehead atoms. The van der Waals surface area contributed by atoms with Crippen LogP contribution in [-0.2, 0) is 11.3 Å². The number of hydrogen-bond acceptors (Lipinski definition) is 4. The Balaban J connectivity index is 1.50. The van der Waals surface area contributed by atoms with Gasteiger partial charge in [0.05, 0.1) is 0 Å². The van der Waals surface area contributed by atoms with Crippen LogP contribution in [0.3, 0.4) is 0 Å². The fourth-order valence-corrected chi connectivity index (χ4v) is 2.67. The van der Waals surface area contributed by atoms with Crippen LogP contribution in [-0.4, -0.2) is 31.1 Å². The molecule has 3 rings (SSSR count). The van der Waals surface area contributed by atoms with E-state index in [-0.39, 0.29) is 11.9 Å². The molecule has 0 unspecified atom stereocenters. The zero-order valence-electron chi connectivity index (χ0n) is 14.6. The van der Waals surface area contributed by atoms with E-state index in [0.29, 0.717) is 13.1 Å². The molecule has 1 aliphatic heterocycles. The molecule has 0 saturated carbocycles. The van der Waals surface area contributed by atoms with Crippen LogP contribution in [0.1, 0.15) is 12.5 Å². The molecule has 5 N–H and O–H groups in total. The first kappa shape index (κ1) is 17.6. The topological polar surface area (TPSA) is 94.3 Å². The number of urea groups is 1. The van der Waals surface area contributed by atoms with E-state index in [9.17, 15) is 9.59 Å². The highest BCUT2D eigenvalue weighted by molar-refractivity contribution is 5.90. The maximum atomic E-state index is 12.0. The minimum absolute atomic E-state index is 0.189. The molecule has 136 valence electrons. The Morgan fingerprint density at radius 1 is 1.04 bits per heavy atom.